The third-order valence-electron chi connectivity index (χ3n) is 2.48. The summed E-state index contributed by atoms with van der Waals surface area (Å²) in [4.78, 5) is 22.4. The number of sulfone groups is 1. The molecule has 0 aliphatic rings. The Bertz CT molecular complexity index is 414. The van der Waals surface area contributed by atoms with Gasteiger partial charge in [0.15, 0.2) is 9.84 Å². The molecule has 0 heterocycles. The molecule has 0 aromatic carbocycles. The quantitative estimate of drug-likeness (QED) is 0.685. The van der Waals surface area contributed by atoms with Crippen LogP contribution in [0.15, 0.2) is 0 Å². The lowest BCUT2D eigenvalue weighted by molar-refractivity contribution is -0.143. The lowest BCUT2D eigenvalue weighted by Gasteiger charge is -2.17. The van der Waals surface area contributed by atoms with E-state index in [-0.39, 0.29) is 29.8 Å². The van der Waals surface area contributed by atoms with Gasteiger partial charge in [0.25, 0.3) is 0 Å². The molecule has 2 N–H and O–H groups in total. The molecule has 0 aromatic rings. The summed E-state index contributed by atoms with van der Waals surface area (Å²) < 4.78 is 23.2. The minimum Gasteiger partial charge on any atom is -0.480 e. The number of carbonyl (C=O) groups is 2. The van der Waals surface area contributed by atoms with Crippen molar-refractivity contribution < 1.29 is 23.1 Å². The molecule has 0 rings (SSSR count). The van der Waals surface area contributed by atoms with Crippen LogP contribution in [-0.2, 0) is 19.4 Å². The van der Waals surface area contributed by atoms with Gasteiger partial charge in [-0.3, -0.25) is 4.79 Å². The number of hydrogen-bond acceptors (Lipinski definition) is 4. The first-order valence-electron chi connectivity index (χ1n) is 6.27. The highest BCUT2D eigenvalue weighted by Crippen LogP contribution is 2.05. The highest BCUT2D eigenvalue weighted by molar-refractivity contribution is 7.91. The smallest absolute Gasteiger partial charge is 0.326 e. The number of aliphatic carboxylic acids is 1. The topological polar surface area (TPSA) is 101 Å². The van der Waals surface area contributed by atoms with E-state index in [1.165, 1.54) is 0 Å². The van der Waals surface area contributed by atoms with Crippen molar-refractivity contribution in [2.45, 2.75) is 40.2 Å². The van der Waals surface area contributed by atoms with Crippen LogP contribution in [0.2, 0.25) is 0 Å². The summed E-state index contributed by atoms with van der Waals surface area (Å²) in [5, 5.41) is 11.2. The second kappa shape index (κ2) is 7.47. The van der Waals surface area contributed by atoms with E-state index in [2.05, 4.69) is 5.32 Å². The zero-order valence-corrected chi connectivity index (χ0v) is 12.7. The van der Waals surface area contributed by atoms with Crippen LogP contribution in [-0.4, -0.2) is 42.9 Å². The maximum Gasteiger partial charge on any atom is 0.326 e. The maximum atomic E-state index is 11.6. The molecular formula is C12H23NO5S. The van der Waals surface area contributed by atoms with Crippen LogP contribution in [0.25, 0.3) is 0 Å². The summed E-state index contributed by atoms with van der Waals surface area (Å²) in [7, 11) is -3.26. The van der Waals surface area contributed by atoms with E-state index in [1.54, 1.807) is 27.7 Å². The van der Waals surface area contributed by atoms with Gasteiger partial charge >= 0.3 is 5.97 Å². The monoisotopic (exact) mass is 293 g/mol. The molecule has 0 saturated heterocycles. The predicted molar refractivity (Wildman–Crippen MR) is 72.5 cm³/mol. The summed E-state index contributed by atoms with van der Waals surface area (Å²) in [5.41, 5.74) is 0. The Balaban J connectivity index is 4.37. The fourth-order valence-corrected chi connectivity index (χ4v) is 3.28. The van der Waals surface area contributed by atoms with Crippen LogP contribution in [0.3, 0.4) is 0 Å². The van der Waals surface area contributed by atoms with E-state index in [0.29, 0.717) is 0 Å². The summed E-state index contributed by atoms with van der Waals surface area (Å²) >= 11 is 0. The van der Waals surface area contributed by atoms with Gasteiger partial charge in [-0.2, -0.15) is 0 Å². The third kappa shape index (κ3) is 7.81. The summed E-state index contributed by atoms with van der Waals surface area (Å²) in [6, 6.07) is -0.986. The minimum absolute atomic E-state index is 0.00972. The first-order valence-corrected chi connectivity index (χ1v) is 8.10. The van der Waals surface area contributed by atoms with Gasteiger partial charge in [-0.1, -0.05) is 27.7 Å². The van der Waals surface area contributed by atoms with Crippen LogP contribution in [0.4, 0.5) is 0 Å². The van der Waals surface area contributed by atoms with Crippen LogP contribution in [0.5, 0.6) is 0 Å². The van der Waals surface area contributed by atoms with Crippen LogP contribution >= 0.6 is 0 Å². The van der Waals surface area contributed by atoms with E-state index < -0.39 is 27.8 Å². The molecule has 1 amide bonds. The number of amides is 1. The molecule has 112 valence electrons. The van der Waals surface area contributed by atoms with Crippen molar-refractivity contribution in [3.63, 3.8) is 0 Å². The van der Waals surface area contributed by atoms with E-state index in [0.717, 1.165) is 0 Å². The summed E-state index contributed by atoms with van der Waals surface area (Å²) in [6.45, 7) is 6.93. The predicted octanol–water partition coefficient (Wildman–Crippen LogP) is 0.673. The zero-order chi connectivity index (χ0) is 15.2. The van der Waals surface area contributed by atoms with Crippen molar-refractivity contribution in [1.29, 1.82) is 0 Å². The molecule has 19 heavy (non-hydrogen) atoms. The number of carboxylic acid groups (broad SMARTS) is 1. The van der Waals surface area contributed by atoms with Gasteiger partial charge in [0.1, 0.15) is 6.04 Å². The molecule has 0 spiro atoms. The molecule has 1 atom stereocenters. The summed E-state index contributed by atoms with van der Waals surface area (Å²) in [6.07, 6.45) is -0.203. The van der Waals surface area contributed by atoms with Crippen molar-refractivity contribution in [2.75, 3.05) is 11.5 Å². The lowest BCUT2D eigenvalue weighted by atomic mass is 10.0. The average molecular weight is 293 g/mol. The highest BCUT2D eigenvalue weighted by Gasteiger charge is 2.24. The number of rotatable bonds is 8. The Kier molecular flexibility index (Phi) is 7.04. The maximum absolute atomic E-state index is 11.6. The minimum atomic E-state index is -3.26. The van der Waals surface area contributed by atoms with Gasteiger partial charge < -0.3 is 10.4 Å². The second-order valence-corrected chi connectivity index (χ2v) is 7.61. The number of hydrogen-bond donors (Lipinski definition) is 2. The van der Waals surface area contributed by atoms with E-state index >= 15 is 0 Å². The normalized spacial score (nSPS) is 13.6. The van der Waals surface area contributed by atoms with E-state index in [9.17, 15) is 18.0 Å². The first kappa shape index (κ1) is 17.9. The molecule has 0 aromatic heterocycles. The van der Waals surface area contributed by atoms with Gasteiger partial charge in [-0.15, -0.1) is 0 Å². The van der Waals surface area contributed by atoms with Gasteiger partial charge in [-0.05, 0) is 11.8 Å². The molecule has 0 aliphatic carbocycles. The first-order chi connectivity index (χ1) is 8.55. The van der Waals surface area contributed by atoms with Crippen molar-refractivity contribution in [2.24, 2.45) is 11.8 Å². The Labute approximate surface area is 114 Å². The van der Waals surface area contributed by atoms with Gasteiger partial charge in [0.05, 0.1) is 11.5 Å². The van der Waals surface area contributed by atoms with E-state index in [4.69, 9.17) is 5.11 Å². The molecular weight excluding hydrogens is 270 g/mol. The van der Waals surface area contributed by atoms with E-state index in [1.807, 2.05) is 0 Å². The fraction of sp³-hybridized carbons (Fsp3) is 0.833. The van der Waals surface area contributed by atoms with Crippen molar-refractivity contribution in [3.8, 4) is 0 Å². The molecule has 0 fully saturated rings. The molecule has 7 heteroatoms. The van der Waals surface area contributed by atoms with Gasteiger partial charge in [-0.25, -0.2) is 13.2 Å². The molecule has 0 saturated carbocycles. The van der Waals surface area contributed by atoms with Gasteiger partial charge in [0.2, 0.25) is 5.91 Å². The Morgan fingerprint density at radius 3 is 2.05 bits per heavy atom. The SMILES string of the molecule is CC(C)CS(=O)(=O)CCC(=O)N[C@@H](C(=O)O)C(C)C. The Hall–Kier alpha value is -1.11. The Morgan fingerprint density at radius 1 is 1.16 bits per heavy atom. The molecule has 0 radical (unpaired) electrons. The van der Waals surface area contributed by atoms with Crippen molar-refractivity contribution in [1.82, 2.24) is 5.32 Å². The fourth-order valence-electron chi connectivity index (χ4n) is 1.60. The zero-order valence-electron chi connectivity index (χ0n) is 11.8. The summed E-state index contributed by atoms with van der Waals surface area (Å²) in [5.74, 6) is -2.13. The largest absolute Gasteiger partial charge is 0.480 e. The third-order valence-corrected chi connectivity index (χ3v) is 4.48. The number of carboxylic acids is 1. The Morgan fingerprint density at radius 2 is 1.68 bits per heavy atom. The van der Waals surface area contributed by atoms with Gasteiger partial charge in [0, 0.05) is 6.42 Å². The molecule has 0 unspecified atom stereocenters. The highest BCUT2D eigenvalue weighted by atomic mass is 32.2. The van der Waals surface area contributed by atoms with Crippen LogP contribution in [0, 0.1) is 11.8 Å². The standard InChI is InChI=1S/C12H23NO5S/c1-8(2)7-19(17,18)6-5-10(14)13-11(9(3)4)12(15)16/h8-9,11H,5-7H2,1-4H3,(H,13,14)(H,15,16)/t11-/m1/s1. The van der Waals surface area contributed by atoms with Crippen LogP contribution < -0.4 is 5.32 Å². The number of nitrogens with one attached hydrogen (secondary N) is 1. The second-order valence-electron chi connectivity index (χ2n) is 5.39. The molecule has 0 aliphatic heterocycles. The number of carbonyl (C=O) groups excluding carboxylic acids is 1. The van der Waals surface area contributed by atoms with Crippen LogP contribution in [0.1, 0.15) is 34.1 Å². The van der Waals surface area contributed by atoms with Crippen molar-refractivity contribution >= 4 is 21.7 Å². The molecule has 0 bridgehead atoms. The average Bonchev–Trinajstić information content (AvgIpc) is 2.20. The molecule has 6 nitrogen and oxygen atoms in total. The van der Waals surface area contributed by atoms with Crippen molar-refractivity contribution in [3.05, 3.63) is 0 Å². The lowest BCUT2D eigenvalue weighted by Crippen LogP contribution is -2.44.